The molecule has 0 amide bonds. The normalized spacial score (nSPS) is 29.9. The molecule has 1 saturated carbocycles. The van der Waals surface area contributed by atoms with Crippen LogP contribution in [0.25, 0.3) is 0 Å². The standard InChI is InChI=1S/C14H19N3O3/c1-8-10(11(18)19)6-15-12(17-8)16-7-14-4-9(5-14)13(2,3)20-14/h6,9H,4-5,7H2,1-3H3,(H,18,19)(H,15,16,17). The second-order valence-corrected chi connectivity index (χ2v) is 6.35. The summed E-state index contributed by atoms with van der Waals surface area (Å²) in [5.74, 6) is 0.0929. The van der Waals surface area contributed by atoms with Crippen molar-refractivity contribution in [3.63, 3.8) is 0 Å². The average molecular weight is 277 g/mol. The van der Waals surface area contributed by atoms with Gasteiger partial charge in [0.05, 0.1) is 22.5 Å². The van der Waals surface area contributed by atoms with Gasteiger partial charge in [0.1, 0.15) is 0 Å². The molecule has 0 atom stereocenters. The highest BCUT2D eigenvalue weighted by molar-refractivity contribution is 5.88. The fourth-order valence-corrected chi connectivity index (χ4v) is 3.24. The Balaban J connectivity index is 1.66. The van der Waals surface area contributed by atoms with E-state index in [0.717, 1.165) is 12.8 Å². The van der Waals surface area contributed by atoms with Crippen LogP contribution in [-0.2, 0) is 4.74 Å². The Morgan fingerprint density at radius 3 is 2.75 bits per heavy atom. The van der Waals surface area contributed by atoms with E-state index in [1.54, 1.807) is 6.92 Å². The quantitative estimate of drug-likeness (QED) is 0.873. The van der Waals surface area contributed by atoms with E-state index in [9.17, 15) is 4.79 Å². The fourth-order valence-electron chi connectivity index (χ4n) is 3.24. The summed E-state index contributed by atoms with van der Waals surface area (Å²) in [6.45, 7) is 6.60. The van der Waals surface area contributed by atoms with Gasteiger partial charge in [0.25, 0.3) is 0 Å². The van der Waals surface area contributed by atoms with Gasteiger partial charge in [-0.15, -0.1) is 0 Å². The number of aromatic carboxylic acids is 1. The summed E-state index contributed by atoms with van der Waals surface area (Å²) in [6, 6.07) is 0. The van der Waals surface area contributed by atoms with Crippen LogP contribution in [0.15, 0.2) is 6.20 Å². The van der Waals surface area contributed by atoms with Crippen LogP contribution in [0.1, 0.15) is 42.7 Å². The number of nitrogens with one attached hydrogen (secondary N) is 1. The van der Waals surface area contributed by atoms with Crippen LogP contribution < -0.4 is 5.32 Å². The van der Waals surface area contributed by atoms with Crippen molar-refractivity contribution in [2.24, 2.45) is 5.92 Å². The lowest BCUT2D eigenvalue weighted by Gasteiger charge is -2.35. The third-order valence-electron chi connectivity index (χ3n) is 4.48. The zero-order valence-corrected chi connectivity index (χ0v) is 11.9. The number of aromatic nitrogens is 2. The number of carboxylic acid groups (broad SMARTS) is 1. The molecule has 3 heterocycles. The zero-order valence-electron chi connectivity index (χ0n) is 11.9. The third kappa shape index (κ3) is 2.04. The number of fused-ring (bicyclic) bond motifs is 1. The molecule has 108 valence electrons. The van der Waals surface area contributed by atoms with Crippen molar-refractivity contribution < 1.29 is 14.6 Å². The smallest absolute Gasteiger partial charge is 0.339 e. The summed E-state index contributed by atoms with van der Waals surface area (Å²) in [5, 5.41) is 12.1. The largest absolute Gasteiger partial charge is 0.478 e. The molecule has 6 heteroatoms. The lowest BCUT2D eigenvalue weighted by atomic mass is 9.69. The van der Waals surface area contributed by atoms with E-state index < -0.39 is 5.97 Å². The van der Waals surface area contributed by atoms with E-state index in [-0.39, 0.29) is 16.8 Å². The second-order valence-electron chi connectivity index (χ2n) is 6.35. The predicted molar refractivity (Wildman–Crippen MR) is 72.8 cm³/mol. The van der Waals surface area contributed by atoms with Crippen LogP contribution in [0.3, 0.4) is 0 Å². The molecule has 3 aliphatic rings. The molecule has 1 aliphatic carbocycles. The van der Waals surface area contributed by atoms with Gasteiger partial charge < -0.3 is 15.2 Å². The summed E-state index contributed by atoms with van der Waals surface area (Å²) < 4.78 is 6.11. The van der Waals surface area contributed by atoms with Crippen LogP contribution in [0.4, 0.5) is 5.95 Å². The number of anilines is 1. The highest BCUT2D eigenvalue weighted by atomic mass is 16.5. The molecule has 20 heavy (non-hydrogen) atoms. The van der Waals surface area contributed by atoms with Gasteiger partial charge in [-0.25, -0.2) is 14.8 Å². The van der Waals surface area contributed by atoms with Crippen molar-refractivity contribution in [1.29, 1.82) is 0 Å². The van der Waals surface area contributed by atoms with Gasteiger partial charge >= 0.3 is 5.97 Å². The minimum atomic E-state index is -1.00. The van der Waals surface area contributed by atoms with Crippen molar-refractivity contribution in [3.8, 4) is 0 Å². The van der Waals surface area contributed by atoms with Gasteiger partial charge in [-0.1, -0.05) is 0 Å². The Morgan fingerprint density at radius 1 is 1.55 bits per heavy atom. The summed E-state index contributed by atoms with van der Waals surface area (Å²) in [4.78, 5) is 19.1. The molecule has 3 fully saturated rings. The molecule has 0 spiro atoms. The molecular weight excluding hydrogens is 258 g/mol. The third-order valence-corrected chi connectivity index (χ3v) is 4.48. The van der Waals surface area contributed by atoms with Crippen LogP contribution in [0.2, 0.25) is 0 Å². The molecule has 4 rings (SSSR count). The predicted octanol–water partition coefficient (Wildman–Crippen LogP) is 1.85. The molecule has 6 nitrogen and oxygen atoms in total. The number of hydrogen-bond acceptors (Lipinski definition) is 5. The monoisotopic (exact) mass is 277 g/mol. The summed E-state index contributed by atoms with van der Waals surface area (Å²) in [5.41, 5.74) is 0.463. The van der Waals surface area contributed by atoms with Crippen molar-refractivity contribution >= 4 is 11.9 Å². The average Bonchev–Trinajstić information content (AvgIpc) is 2.71. The number of aryl methyl sites for hydroxylation is 1. The van der Waals surface area contributed by atoms with Crippen molar-refractivity contribution in [2.45, 2.75) is 44.8 Å². The molecular formula is C14H19N3O3. The number of carbonyl (C=O) groups is 1. The molecule has 0 aromatic carbocycles. The molecule has 2 N–H and O–H groups in total. The van der Waals surface area contributed by atoms with Crippen LogP contribution in [-0.4, -0.2) is 38.8 Å². The Labute approximate surface area is 117 Å². The number of nitrogens with zero attached hydrogens (tertiary/aromatic N) is 2. The minimum absolute atomic E-state index is 0.0361. The summed E-state index contributed by atoms with van der Waals surface area (Å²) in [7, 11) is 0. The van der Waals surface area contributed by atoms with Crippen molar-refractivity contribution in [1.82, 2.24) is 9.97 Å². The SMILES string of the molecule is Cc1nc(NCC23CC(C2)C(C)(C)O3)ncc1C(=O)O. The molecule has 0 radical (unpaired) electrons. The van der Waals surface area contributed by atoms with Crippen LogP contribution in [0.5, 0.6) is 0 Å². The van der Waals surface area contributed by atoms with E-state index in [4.69, 9.17) is 9.84 Å². The first-order valence-corrected chi connectivity index (χ1v) is 6.82. The van der Waals surface area contributed by atoms with Crippen LogP contribution in [0, 0.1) is 12.8 Å². The first kappa shape index (κ1) is 13.3. The topological polar surface area (TPSA) is 84.3 Å². The van der Waals surface area contributed by atoms with Gasteiger partial charge in [-0.2, -0.15) is 0 Å². The Hall–Kier alpha value is -1.69. The highest BCUT2D eigenvalue weighted by Crippen LogP contribution is 2.57. The van der Waals surface area contributed by atoms with Gasteiger partial charge in [-0.05, 0) is 39.5 Å². The maximum Gasteiger partial charge on any atom is 0.339 e. The number of ether oxygens (including phenoxy) is 1. The summed E-state index contributed by atoms with van der Waals surface area (Å²) >= 11 is 0. The van der Waals surface area contributed by atoms with Gasteiger partial charge in [0.15, 0.2) is 0 Å². The maximum absolute atomic E-state index is 10.9. The number of rotatable bonds is 4. The second kappa shape index (κ2) is 4.15. The van der Waals surface area contributed by atoms with E-state index in [0.29, 0.717) is 24.1 Å². The Kier molecular flexibility index (Phi) is 2.76. The lowest BCUT2D eigenvalue weighted by molar-refractivity contribution is -0.0463. The van der Waals surface area contributed by atoms with E-state index in [1.807, 2.05) is 0 Å². The zero-order chi connectivity index (χ0) is 14.5. The van der Waals surface area contributed by atoms with Crippen molar-refractivity contribution in [3.05, 3.63) is 17.5 Å². The Bertz CT molecular complexity index is 565. The van der Waals surface area contributed by atoms with Gasteiger partial charge in [0, 0.05) is 12.7 Å². The van der Waals surface area contributed by atoms with E-state index in [1.165, 1.54) is 6.20 Å². The minimum Gasteiger partial charge on any atom is -0.478 e. The van der Waals surface area contributed by atoms with E-state index >= 15 is 0 Å². The molecule has 2 saturated heterocycles. The molecule has 1 aromatic rings. The maximum atomic E-state index is 10.9. The van der Waals surface area contributed by atoms with Crippen LogP contribution >= 0.6 is 0 Å². The molecule has 1 aromatic heterocycles. The first-order valence-electron chi connectivity index (χ1n) is 6.82. The van der Waals surface area contributed by atoms with Gasteiger partial charge in [-0.3, -0.25) is 0 Å². The Morgan fingerprint density at radius 2 is 2.25 bits per heavy atom. The molecule has 0 unspecified atom stereocenters. The number of carboxylic acids is 1. The van der Waals surface area contributed by atoms with E-state index in [2.05, 4.69) is 29.1 Å². The summed E-state index contributed by atoms with van der Waals surface area (Å²) in [6.07, 6.45) is 3.48. The molecule has 2 aliphatic heterocycles. The fraction of sp³-hybridized carbons (Fsp3) is 0.643. The van der Waals surface area contributed by atoms with Gasteiger partial charge in [0.2, 0.25) is 5.95 Å². The van der Waals surface area contributed by atoms with Crippen molar-refractivity contribution in [2.75, 3.05) is 11.9 Å². The lowest BCUT2D eigenvalue weighted by Crippen LogP contribution is -2.43. The molecule has 2 bridgehead atoms. The highest BCUT2D eigenvalue weighted by Gasteiger charge is 2.61. The number of hydrogen-bond donors (Lipinski definition) is 2. The first-order chi connectivity index (χ1) is 9.31.